The highest BCUT2D eigenvalue weighted by molar-refractivity contribution is 6.31. The summed E-state index contributed by atoms with van der Waals surface area (Å²) in [5.41, 5.74) is 4.10. The second-order valence-electron chi connectivity index (χ2n) is 5.01. The first-order chi connectivity index (χ1) is 11.6. The molecule has 2 aromatic rings. The molecule has 2 aromatic carbocycles. The summed E-state index contributed by atoms with van der Waals surface area (Å²) in [7, 11) is 0. The number of hydrogen-bond acceptors (Lipinski definition) is 4. The van der Waals surface area contributed by atoms with Gasteiger partial charge in [-0.1, -0.05) is 31.5 Å². The van der Waals surface area contributed by atoms with Crippen molar-refractivity contribution in [2.75, 3.05) is 0 Å². The van der Waals surface area contributed by atoms with Crippen LogP contribution in [0, 0.1) is 17.0 Å². The fraction of sp³-hybridized carbons (Fsp3) is 0.222. The molecule has 0 bridgehead atoms. The van der Waals surface area contributed by atoms with Gasteiger partial charge in [0.15, 0.2) is 0 Å². The minimum Gasteiger partial charge on any atom is -0.258 e. The van der Waals surface area contributed by atoms with E-state index in [0.29, 0.717) is 22.7 Å². The van der Waals surface area contributed by atoms with E-state index in [2.05, 4.69) is 10.2 Å². The van der Waals surface area contributed by atoms with Crippen molar-refractivity contribution in [2.45, 2.75) is 27.2 Å². The molecule has 0 aromatic heterocycles. The normalized spacial score (nSPS) is 12.4. The smallest absolute Gasteiger partial charge is 0.258 e. The Morgan fingerprint density at radius 1 is 1.17 bits per heavy atom. The van der Waals surface area contributed by atoms with E-state index < -0.39 is 4.92 Å². The predicted octanol–water partition coefficient (Wildman–Crippen LogP) is 4.96. The first kappa shape index (κ1) is 17.8. The summed E-state index contributed by atoms with van der Waals surface area (Å²) in [6.45, 7) is 5.71. The number of fused-ring (bicyclic) bond motifs is 1. The van der Waals surface area contributed by atoms with E-state index in [1.54, 1.807) is 25.3 Å². The molecule has 0 radical (unpaired) electrons. The van der Waals surface area contributed by atoms with Gasteiger partial charge < -0.3 is 0 Å². The van der Waals surface area contributed by atoms with Crippen molar-refractivity contribution in [1.82, 2.24) is 0 Å². The Morgan fingerprint density at radius 3 is 2.58 bits per heavy atom. The van der Waals surface area contributed by atoms with E-state index in [0.717, 1.165) is 16.7 Å². The van der Waals surface area contributed by atoms with Crippen LogP contribution in [-0.4, -0.2) is 16.8 Å². The number of halogens is 1. The van der Waals surface area contributed by atoms with Gasteiger partial charge in [0.2, 0.25) is 0 Å². The summed E-state index contributed by atoms with van der Waals surface area (Å²) >= 11 is 6.10. The van der Waals surface area contributed by atoms with E-state index in [4.69, 9.17) is 11.6 Å². The Balaban J connectivity index is 0.00000100. The van der Waals surface area contributed by atoms with Crippen molar-refractivity contribution in [3.05, 3.63) is 73.8 Å². The molecule has 0 fully saturated rings. The zero-order valence-electron chi connectivity index (χ0n) is 13.8. The molecule has 0 aliphatic carbocycles. The standard InChI is InChI=1S/C16H12ClN3O2.C2H6/c1-10-8-12(3-5-15(10)20(21)22)16-14-9-13(17)4-2-11(14)6-7-18-19-16;1-2/h2-5,7-9H,6H2,1H3;1-2H3. The Labute approximate surface area is 145 Å². The van der Waals surface area contributed by atoms with Gasteiger partial charge in [-0.2, -0.15) is 10.2 Å². The first-order valence-electron chi connectivity index (χ1n) is 7.70. The second kappa shape index (κ2) is 7.84. The molecule has 0 spiro atoms. The average Bonchev–Trinajstić information content (AvgIpc) is 2.78. The van der Waals surface area contributed by atoms with Crippen LogP contribution in [0.2, 0.25) is 5.02 Å². The summed E-state index contributed by atoms with van der Waals surface area (Å²) in [5.74, 6) is 0. The lowest BCUT2D eigenvalue weighted by atomic mass is 9.95. The minimum absolute atomic E-state index is 0.0905. The SMILES string of the molecule is CC.Cc1cc(C2=NN=CCc3ccc(Cl)cc32)ccc1[N+](=O)[O-]. The van der Waals surface area contributed by atoms with Crippen molar-refractivity contribution >= 4 is 29.2 Å². The molecule has 3 rings (SSSR count). The summed E-state index contributed by atoms with van der Waals surface area (Å²) in [5, 5.41) is 19.9. The number of rotatable bonds is 2. The highest BCUT2D eigenvalue weighted by atomic mass is 35.5. The number of nitro benzene ring substituents is 1. The summed E-state index contributed by atoms with van der Waals surface area (Å²) in [4.78, 5) is 10.5. The van der Waals surface area contributed by atoms with Crippen molar-refractivity contribution in [1.29, 1.82) is 0 Å². The Hall–Kier alpha value is -2.53. The van der Waals surface area contributed by atoms with Crippen LogP contribution in [0.1, 0.15) is 36.1 Å². The van der Waals surface area contributed by atoms with Crippen LogP contribution in [0.4, 0.5) is 5.69 Å². The lowest BCUT2D eigenvalue weighted by Gasteiger charge is -2.10. The molecule has 0 atom stereocenters. The molecular formula is C18H18ClN3O2. The molecule has 0 unspecified atom stereocenters. The van der Waals surface area contributed by atoms with Crippen molar-refractivity contribution in [3.63, 3.8) is 0 Å². The van der Waals surface area contributed by atoms with Gasteiger partial charge in [0.05, 0.1) is 4.92 Å². The molecular weight excluding hydrogens is 326 g/mol. The maximum absolute atomic E-state index is 10.9. The summed E-state index contributed by atoms with van der Waals surface area (Å²) < 4.78 is 0. The largest absolute Gasteiger partial charge is 0.272 e. The van der Waals surface area contributed by atoms with Gasteiger partial charge in [-0.3, -0.25) is 10.1 Å². The topological polar surface area (TPSA) is 67.9 Å². The molecule has 6 heteroatoms. The van der Waals surface area contributed by atoms with Crippen molar-refractivity contribution in [2.24, 2.45) is 10.2 Å². The van der Waals surface area contributed by atoms with Crippen LogP contribution in [-0.2, 0) is 6.42 Å². The Kier molecular flexibility index (Phi) is 5.82. The fourth-order valence-corrected chi connectivity index (χ4v) is 2.63. The third-order valence-electron chi connectivity index (χ3n) is 3.54. The fourth-order valence-electron chi connectivity index (χ4n) is 2.46. The van der Waals surface area contributed by atoms with Crippen LogP contribution in [0.3, 0.4) is 0 Å². The van der Waals surface area contributed by atoms with Crippen LogP contribution in [0.5, 0.6) is 0 Å². The van der Waals surface area contributed by atoms with E-state index in [1.165, 1.54) is 6.07 Å². The van der Waals surface area contributed by atoms with Gasteiger partial charge in [-0.05, 0) is 36.8 Å². The van der Waals surface area contributed by atoms with Gasteiger partial charge >= 0.3 is 0 Å². The maximum Gasteiger partial charge on any atom is 0.272 e. The minimum atomic E-state index is -0.392. The lowest BCUT2D eigenvalue weighted by Crippen LogP contribution is -2.07. The number of hydrogen-bond donors (Lipinski definition) is 0. The maximum atomic E-state index is 10.9. The van der Waals surface area contributed by atoms with E-state index in [1.807, 2.05) is 32.0 Å². The van der Waals surface area contributed by atoms with Crippen molar-refractivity contribution in [3.8, 4) is 0 Å². The average molecular weight is 344 g/mol. The van der Waals surface area contributed by atoms with Crippen LogP contribution in [0.15, 0.2) is 46.6 Å². The number of nitro groups is 1. The second-order valence-corrected chi connectivity index (χ2v) is 5.45. The van der Waals surface area contributed by atoms with Gasteiger partial charge in [0.25, 0.3) is 5.69 Å². The highest BCUT2D eigenvalue weighted by Crippen LogP contribution is 2.25. The van der Waals surface area contributed by atoms with Crippen LogP contribution < -0.4 is 0 Å². The number of benzene rings is 2. The summed E-state index contributed by atoms with van der Waals surface area (Å²) in [6, 6.07) is 10.6. The Morgan fingerprint density at radius 2 is 1.92 bits per heavy atom. The van der Waals surface area contributed by atoms with Crippen LogP contribution in [0.25, 0.3) is 0 Å². The predicted molar refractivity (Wildman–Crippen MR) is 98.5 cm³/mol. The van der Waals surface area contributed by atoms with Crippen LogP contribution >= 0.6 is 11.6 Å². The third-order valence-corrected chi connectivity index (χ3v) is 3.78. The molecule has 1 aliphatic rings. The molecule has 5 nitrogen and oxygen atoms in total. The van der Waals surface area contributed by atoms with E-state index in [9.17, 15) is 10.1 Å². The van der Waals surface area contributed by atoms with E-state index in [-0.39, 0.29) is 5.69 Å². The molecule has 1 heterocycles. The van der Waals surface area contributed by atoms with Gasteiger partial charge in [-0.15, -0.1) is 0 Å². The molecule has 0 saturated heterocycles. The molecule has 124 valence electrons. The van der Waals surface area contributed by atoms with Gasteiger partial charge in [-0.25, -0.2) is 0 Å². The van der Waals surface area contributed by atoms with Crippen molar-refractivity contribution < 1.29 is 4.92 Å². The quantitative estimate of drug-likeness (QED) is 0.571. The zero-order chi connectivity index (χ0) is 17.7. The van der Waals surface area contributed by atoms with Gasteiger partial charge in [0, 0.05) is 40.4 Å². The Bertz CT molecular complexity index is 829. The van der Waals surface area contributed by atoms with E-state index >= 15 is 0 Å². The monoisotopic (exact) mass is 343 g/mol. The number of nitrogens with zero attached hydrogens (tertiary/aromatic N) is 3. The summed E-state index contributed by atoms with van der Waals surface area (Å²) in [6.07, 6.45) is 2.41. The molecule has 0 saturated carbocycles. The highest BCUT2D eigenvalue weighted by Gasteiger charge is 2.17. The zero-order valence-corrected chi connectivity index (χ0v) is 14.5. The molecule has 0 N–H and O–H groups in total. The molecule has 0 amide bonds. The molecule has 24 heavy (non-hydrogen) atoms. The third kappa shape index (κ3) is 3.68. The lowest BCUT2D eigenvalue weighted by molar-refractivity contribution is -0.385. The first-order valence-corrected chi connectivity index (χ1v) is 8.08. The van der Waals surface area contributed by atoms with Gasteiger partial charge in [0.1, 0.15) is 5.71 Å². The number of aryl methyl sites for hydroxylation is 1. The molecule has 1 aliphatic heterocycles.